The molecule has 0 spiro atoms. The van der Waals surface area contributed by atoms with Gasteiger partial charge in [-0.25, -0.2) is 0 Å². The average Bonchev–Trinajstić information content (AvgIpc) is 2.86. The molecule has 0 aliphatic carbocycles. The molecule has 1 atom stereocenters. The van der Waals surface area contributed by atoms with E-state index in [-0.39, 0.29) is 18.4 Å². The van der Waals surface area contributed by atoms with E-state index < -0.39 is 6.04 Å². The fourth-order valence-electron chi connectivity index (χ4n) is 3.98. The lowest BCUT2D eigenvalue weighted by atomic mass is 10.1. The number of anilines is 1. The molecule has 0 saturated carbocycles. The van der Waals surface area contributed by atoms with Crippen LogP contribution in [0.5, 0.6) is 5.75 Å². The van der Waals surface area contributed by atoms with Crippen molar-refractivity contribution in [3.8, 4) is 5.75 Å². The van der Waals surface area contributed by atoms with Crippen molar-refractivity contribution in [3.05, 3.63) is 60.2 Å². The van der Waals surface area contributed by atoms with E-state index in [2.05, 4.69) is 34.5 Å². The maximum absolute atomic E-state index is 13.1. The number of benzene rings is 2. The molecule has 1 heterocycles. The maximum Gasteiger partial charge on any atom is 0.258 e. The summed E-state index contributed by atoms with van der Waals surface area (Å²) in [6.07, 6.45) is 6.38. The second kappa shape index (κ2) is 13.1. The zero-order valence-electron chi connectivity index (χ0n) is 19.7. The predicted molar refractivity (Wildman–Crippen MR) is 136 cm³/mol. The maximum atomic E-state index is 13.1. The van der Waals surface area contributed by atoms with Crippen molar-refractivity contribution < 1.29 is 14.3 Å². The molecule has 1 saturated heterocycles. The highest BCUT2D eigenvalue weighted by molar-refractivity contribution is 7.98. The van der Waals surface area contributed by atoms with E-state index in [0.29, 0.717) is 18.7 Å². The molecule has 0 bridgehead atoms. The molecule has 3 rings (SSSR count). The van der Waals surface area contributed by atoms with Crippen molar-refractivity contribution in [2.45, 2.75) is 38.3 Å². The highest BCUT2D eigenvalue weighted by atomic mass is 32.2. The number of carbonyl (C=O) groups is 2. The van der Waals surface area contributed by atoms with Crippen LogP contribution in [0.1, 0.15) is 31.2 Å². The summed E-state index contributed by atoms with van der Waals surface area (Å²) in [6.45, 7) is 2.62. The van der Waals surface area contributed by atoms with Crippen molar-refractivity contribution in [2.75, 3.05) is 43.7 Å². The first kappa shape index (κ1) is 25.0. The smallest absolute Gasteiger partial charge is 0.258 e. The Morgan fingerprint density at radius 2 is 1.76 bits per heavy atom. The van der Waals surface area contributed by atoms with Gasteiger partial charge >= 0.3 is 0 Å². The molecule has 33 heavy (non-hydrogen) atoms. The van der Waals surface area contributed by atoms with Gasteiger partial charge in [-0.05, 0) is 67.5 Å². The van der Waals surface area contributed by atoms with Crippen LogP contribution in [0.15, 0.2) is 54.6 Å². The van der Waals surface area contributed by atoms with Crippen molar-refractivity contribution in [2.24, 2.45) is 0 Å². The van der Waals surface area contributed by atoms with Gasteiger partial charge in [-0.15, -0.1) is 0 Å². The van der Waals surface area contributed by atoms with Crippen molar-refractivity contribution >= 4 is 29.3 Å². The summed E-state index contributed by atoms with van der Waals surface area (Å²) in [4.78, 5) is 29.7. The van der Waals surface area contributed by atoms with E-state index in [4.69, 9.17) is 4.74 Å². The Bertz CT molecular complexity index is 870. The van der Waals surface area contributed by atoms with E-state index in [1.807, 2.05) is 24.5 Å². The molecule has 178 valence electrons. The monoisotopic (exact) mass is 469 g/mol. The molecule has 1 aliphatic rings. The van der Waals surface area contributed by atoms with Gasteiger partial charge in [-0.2, -0.15) is 11.8 Å². The Balaban J connectivity index is 1.54. The highest BCUT2D eigenvalue weighted by Gasteiger charge is 2.24. The molecule has 7 heteroatoms. The zero-order valence-corrected chi connectivity index (χ0v) is 20.5. The minimum atomic E-state index is -0.568. The molecule has 6 nitrogen and oxygen atoms in total. The van der Waals surface area contributed by atoms with E-state index >= 15 is 0 Å². The number of amides is 2. The number of carbonyl (C=O) groups excluding carboxylic acids is 2. The third-order valence-electron chi connectivity index (χ3n) is 5.81. The van der Waals surface area contributed by atoms with Gasteiger partial charge in [0.15, 0.2) is 6.61 Å². The number of nitrogens with zero attached hydrogens (tertiary/aromatic N) is 2. The summed E-state index contributed by atoms with van der Waals surface area (Å²) in [5, 5.41) is 2.87. The van der Waals surface area contributed by atoms with Gasteiger partial charge in [0.05, 0.1) is 0 Å². The highest BCUT2D eigenvalue weighted by Crippen LogP contribution is 2.21. The third kappa shape index (κ3) is 8.00. The second-order valence-electron chi connectivity index (χ2n) is 8.41. The van der Waals surface area contributed by atoms with Crippen LogP contribution in [-0.4, -0.2) is 61.5 Å². The minimum Gasteiger partial charge on any atom is -0.484 e. The number of hydrogen-bond donors (Lipinski definition) is 1. The molecule has 2 aromatic rings. The number of thioether (sulfide) groups is 1. The van der Waals surface area contributed by atoms with E-state index in [0.717, 1.165) is 24.4 Å². The van der Waals surface area contributed by atoms with Crippen LogP contribution in [0.3, 0.4) is 0 Å². The van der Waals surface area contributed by atoms with Gasteiger partial charge in [0.1, 0.15) is 11.8 Å². The average molecular weight is 470 g/mol. The summed E-state index contributed by atoms with van der Waals surface area (Å²) in [6, 6.07) is 17.1. The van der Waals surface area contributed by atoms with Crippen LogP contribution in [0.25, 0.3) is 0 Å². The van der Waals surface area contributed by atoms with Gasteiger partial charge in [-0.3, -0.25) is 9.59 Å². The minimum absolute atomic E-state index is 0.0859. The van der Waals surface area contributed by atoms with Crippen LogP contribution >= 0.6 is 11.8 Å². The first-order chi connectivity index (χ1) is 16.1. The molecule has 1 aliphatic heterocycles. The van der Waals surface area contributed by atoms with Crippen LogP contribution in [0.2, 0.25) is 0 Å². The fraction of sp³-hybridized carbons (Fsp3) is 0.462. The standard InChI is InChI=1S/C26H35N3O3S/c1-28(19-21-11-13-22(14-12-21)29-16-7-4-8-17-29)26(31)24(15-18-33-2)27-25(30)20-32-23-9-5-3-6-10-23/h3,5-6,9-14,24H,4,7-8,15-20H2,1-2H3,(H,27,30). The van der Waals surface area contributed by atoms with Crippen LogP contribution in [-0.2, 0) is 16.1 Å². The van der Waals surface area contributed by atoms with E-state index in [1.165, 1.54) is 24.9 Å². The summed E-state index contributed by atoms with van der Waals surface area (Å²) >= 11 is 1.66. The van der Waals surface area contributed by atoms with Crippen LogP contribution in [0, 0.1) is 0 Å². The number of piperidine rings is 1. The zero-order chi connectivity index (χ0) is 23.5. The molecule has 2 amide bonds. The first-order valence-corrected chi connectivity index (χ1v) is 13.0. The van der Waals surface area contributed by atoms with Gasteiger partial charge < -0.3 is 19.9 Å². The van der Waals surface area contributed by atoms with Gasteiger partial charge in [0.2, 0.25) is 5.91 Å². The Hall–Kier alpha value is -2.67. The van der Waals surface area contributed by atoms with Gasteiger partial charge in [-0.1, -0.05) is 30.3 Å². The quantitative estimate of drug-likeness (QED) is 0.540. The number of rotatable bonds is 11. The topological polar surface area (TPSA) is 61.9 Å². The molecule has 1 unspecified atom stereocenters. The van der Waals surface area contributed by atoms with Crippen molar-refractivity contribution in [3.63, 3.8) is 0 Å². The van der Waals surface area contributed by atoms with Crippen molar-refractivity contribution in [1.82, 2.24) is 10.2 Å². The molecule has 0 radical (unpaired) electrons. The molecule has 1 N–H and O–H groups in total. The third-order valence-corrected chi connectivity index (χ3v) is 6.45. The lowest BCUT2D eigenvalue weighted by molar-refractivity contribution is -0.136. The second-order valence-corrected chi connectivity index (χ2v) is 9.40. The predicted octanol–water partition coefficient (Wildman–Crippen LogP) is 3.95. The summed E-state index contributed by atoms with van der Waals surface area (Å²) in [5.74, 6) is 1.04. The fourth-order valence-corrected chi connectivity index (χ4v) is 4.45. The Labute approximate surface area is 201 Å². The summed E-state index contributed by atoms with van der Waals surface area (Å²) in [7, 11) is 1.79. The Morgan fingerprint density at radius 1 is 1.06 bits per heavy atom. The van der Waals surface area contributed by atoms with Gasteiger partial charge in [0, 0.05) is 32.4 Å². The number of hydrogen-bond acceptors (Lipinski definition) is 5. The lowest BCUT2D eigenvalue weighted by Crippen LogP contribution is -2.48. The molecule has 1 fully saturated rings. The number of ether oxygens (including phenoxy) is 1. The summed E-state index contributed by atoms with van der Waals surface area (Å²) in [5.41, 5.74) is 2.32. The van der Waals surface area contributed by atoms with E-state index in [1.54, 1.807) is 35.8 Å². The van der Waals surface area contributed by atoms with E-state index in [9.17, 15) is 9.59 Å². The largest absolute Gasteiger partial charge is 0.484 e. The summed E-state index contributed by atoms with van der Waals surface area (Å²) < 4.78 is 5.52. The molecular formula is C26H35N3O3S. The SMILES string of the molecule is CSCCC(NC(=O)COc1ccccc1)C(=O)N(C)Cc1ccc(N2CCCCC2)cc1. The number of likely N-dealkylation sites (N-methyl/N-ethyl adjacent to an activating group) is 1. The van der Waals surface area contributed by atoms with Crippen molar-refractivity contribution in [1.29, 1.82) is 0 Å². The molecular weight excluding hydrogens is 434 g/mol. The van der Waals surface area contributed by atoms with Crippen LogP contribution < -0.4 is 15.0 Å². The van der Waals surface area contributed by atoms with Gasteiger partial charge in [0.25, 0.3) is 5.91 Å². The normalized spacial score (nSPS) is 14.4. The number of para-hydroxylation sites is 1. The molecule has 2 aromatic carbocycles. The number of nitrogens with one attached hydrogen (secondary N) is 1. The van der Waals surface area contributed by atoms with Crippen LogP contribution in [0.4, 0.5) is 5.69 Å². The Morgan fingerprint density at radius 3 is 2.42 bits per heavy atom. The lowest BCUT2D eigenvalue weighted by Gasteiger charge is -2.29. The molecule has 0 aromatic heterocycles. The first-order valence-electron chi connectivity index (χ1n) is 11.6. The Kier molecular flexibility index (Phi) is 9.94.